The van der Waals surface area contributed by atoms with Gasteiger partial charge in [0.05, 0.1) is 5.69 Å². The number of nitrogens with zero attached hydrogens (tertiary/aromatic N) is 3. The molecular formula is C17H26N4. The van der Waals surface area contributed by atoms with E-state index in [1.54, 1.807) is 0 Å². The quantitative estimate of drug-likeness (QED) is 0.850. The Bertz CT molecular complexity index is 562. The fourth-order valence-corrected chi connectivity index (χ4v) is 2.53. The zero-order valence-corrected chi connectivity index (χ0v) is 13.6. The van der Waals surface area contributed by atoms with Gasteiger partial charge in [-0.1, -0.05) is 27.2 Å². The molecule has 0 spiro atoms. The monoisotopic (exact) mass is 286 g/mol. The summed E-state index contributed by atoms with van der Waals surface area (Å²) in [4.78, 5) is 4.80. The molecular weight excluding hydrogens is 260 g/mol. The molecule has 2 rings (SSSR count). The van der Waals surface area contributed by atoms with Crippen molar-refractivity contribution in [3.63, 3.8) is 0 Å². The van der Waals surface area contributed by atoms with Crippen LogP contribution >= 0.6 is 0 Å². The van der Waals surface area contributed by atoms with Crippen LogP contribution in [-0.2, 0) is 25.8 Å². The average molecular weight is 286 g/mol. The van der Waals surface area contributed by atoms with E-state index in [2.05, 4.69) is 44.3 Å². The SMILES string of the molecule is CCCc1cc(CNC)cc(-n2nc(CC)cc2CC)n1. The number of pyridine rings is 1. The van der Waals surface area contributed by atoms with Crippen molar-refractivity contribution >= 4 is 0 Å². The maximum Gasteiger partial charge on any atom is 0.154 e. The Balaban J connectivity index is 2.48. The van der Waals surface area contributed by atoms with Crippen LogP contribution in [0.3, 0.4) is 0 Å². The summed E-state index contributed by atoms with van der Waals surface area (Å²) in [7, 11) is 1.97. The zero-order valence-electron chi connectivity index (χ0n) is 13.6. The standard InChI is InChI=1S/C17H26N4/c1-5-8-15-9-13(12-18-4)10-17(19-15)21-16(7-3)11-14(6-2)20-21/h9-11,18H,5-8,12H2,1-4H3. The van der Waals surface area contributed by atoms with Crippen molar-refractivity contribution in [1.82, 2.24) is 20.1 Å². The van der Waals surface area contributed by atoms with Gasteiger partial charge < -0.3 is 5.32 Å². The summed E-state index contributed by atoms with van der Waals surface area (Å²) < 4.78 is 2.01. The van der Waals surface area contributed by atoms with Crippen molar-refractivity contribution in [2.75, 3.05) is 7.05 Å². The minimum Gasteiger partial charge on any atom is -0.316 e. The van der Waals surface area contributed by atoms with Gasteiger partial charge >= 0.3 is 0 Å². The first-order valence-corrected chi connectivity index (χ1v) is 7.94. The van der Waals surface area contributed by atoms with Gasteiger partial charge in [-0.3, -0.25) is 0 Å². The van der Waals surface area contributed by atoms with E-state index in [1.165, 1.54) is 11.3 Å². The molecule has 0 bridgehead atoms. The van der Waals surface area contributed by atoms with E-state index in [0.717, 1.165) is 49.4 Å². The lowest BCUT2D eigenvalue weighted by atomic mass is 10.1. The van der Waals surface area contributed by atoms with Crippen LogP contribution in [0.5, 0.6) is 0 Å². The first kappa shape index (κ1) is 15.7. The highest BCUT2D eigenvalue weighted by Crippen LogP contribution is 2.16. The first-order valence-electron chi connectivity index (χ1n) is 7.94. The lowest BCUT2D eigenvalue weighted by molar-refractivity contribution is 0.748. The molecule has 0 unspecified atom stereocenters. The van der Waals surface area contributed by atoms with Crippen LogP contribution in [0.2, 0.25) is 0 Å². The van der Waals surface area contributed by atoms with E-state index in [-0.39, 0.29) is 0 Å². The molecule has 0 fully saturated rings. The Labute approximate surface area is 127 Å². The third kappa shape index (κ3) is 3.70. The maximum absolute atomic E-state index is 4.80. The molecule has 2 aromatic rings. The molecule has 0 amide bonds. The molecule has 0 radical (unpaired) electrons. The maximum atomic E-state index is 4.80. The van der Waals surface area contributed by atoms with E-state index in [1.807, 2.05) is 11.7 Å². The molecule has 2 aromatic heterocycles. The third-order valence-electron chi connectivity index (χ3n) is 3.59. The highest BCUT2D eigenvalue weighted by atomic mass is 15.3. The largest absolute Gasteiger partial charge is 0.316 e. The molecule has 114 valence electrons. The van der Waals surface area contributed by atoms with Crippen LogP contribution in [0, 0.1) is 0 Å². The molecule has 0 saturated carbocycles. The zero-order chi connectivity index (χ0) is 15.2. The van der Waals surface area contributed by atoms with Gasteiger partial charge in [0.15, 0.2) is 5.82 Å². The number of nitrogens with one attached hydrogen (secondary N) is 1. The van der Waals surface area contributed by atoms with Crippen molar-refractivity contribution in [2.24, 2.45) is 0 Å². The Morgan fingerprint density at radius 1 is 1.05 bits per heavy atom. The summed E-state index contributed by atoms with van der Waals surface area (Å²) in [5.74, 6) is 0.947. The predicted octanol–water partition coefficient (Wildman–Crippen LogP) is 3.06. The highest BCUT2D eigenvalue weighted by molar-refractivity contribution is 5.33. The first-order chi connectivity index (χ1) is 10.2. The minimum atomic E-state index is 0.857. The van der Waals surface area contributed by atoms with E-state index < -0.39 is 0 Å². The van der Waals surface area contributed by atoms with Crippen molar-refractivity contribution in [3.8, 4) is 5.82 Å². The van der Waals surface area contributed by atoms with Crippen LogP contribution in [-0.4, -0.2) is 21.8 Å². The molecule has 0 aliphatic heterocycles. The second-order valence-electron chi connectivity index (χ2n) is 5.35. The van der Waals surface area contributed by atoms with Crippen LogP contribution < -0.4 is 5.32 Å². The van der Waals surface area contributed by atoms with Crippen LogP contribution in [0.25, 0.3) is 5.82 Å². The lowest BCUT2D eigenvalue weighted by Crippen LogP contribution is -2.10. The van der Waals surface area contributed by atoms with E-state index in [4.69, 9.17) is 10.1 Å². The number of aromatic nitrogens is 3. The normalized spacial score (nSPS) is 11.0. The topological polar surface area (TPSA) is 42.7 Å². The number of aryl methyl sites for hydroxylation is 3. The molecule has 0 aliphatic rings. The Kier molecular flexibility index (Phi) is 5.51. The van der Waals surface area contributed by atoms with Gasteiger partial charge in [-0.25, -0.2) is 9.67 Å². The summed E-state index contributed by atoms with van der Waals surface area (Å²) in [5.41, 5.74) is 4.77. The highest BCUT2D eigenvalue weighted by Gasteiger charge is 2.10. The number of hydrogen-bond donors (Lipinski definition) is 1. The lowest BCUT2D eigenvalue weighted by Gasteiger charge is -2.10. The fourth-order valence-electron chi connectivity index (χ4n) is 2.53. The minimum absolute atomic E-state index is 0.857. The van der Waals surface area contributed by atoms with Gasteiger partial charge in [0.1, 0.15) is 0 Å². The van der Waals surface area contributed by atoms with Gasteiger partial charge in [-0.05, 0) is 50.1 Å². The van der Waals surface area contributed by atoms with Gasteiger partial charge in [0.25, 0.3) is 0 Å². The predicted molar refractivity (Wildman–Crippen MR) is 86.9 cm³/mol. The summed E-state index contributed by atoms with van der Waals surface area (Å²) >= 11 is 0. The third-order valence-corrected chi connectivity index (χ3v) is 3.59. The second kappa shape index (κ2) is 7.36. The summed E-state index contributed by atoms with van der Waals surface area (Å²) in [6.07, 6.45) is 4.04. The molecule has 0 aromatic carbocycles. The van der Waals surface area contributed by atoms with Gasteiger partial charge in [0.2, 0.25) is 0 Å². The van der Waals surface area contributed by atoms with Crippen LogP contribution in [0.4, 0.5) is 0 Å². The van der Waals surface area contributed by atoms with Gasteiger partial charge in [0, 0.05) is 17.9 Å². The summed E-state index contributed by atoms with van der Waals surface area (Å²) in [6, 6.07) is 6.52. The molecule has 21 heavy (non-hydrogen) atoms. The fraction of sp³-hybridized carbons (Fsp3) is 0.529. The van der Waals surface area contributed by atoms with E-state index >= 15 is 0 Å². The van der Waals surface area contributed by atoms with Crippen LogP contribution in [0.15, 0.2) is 18.2 Å². The van der Waals surface area contributed by atoms with Crippen molar-refractivity contribution in [3.05, 3.63) is 40.8 Å². The molecule has 0 aliphatic carbocycles. The smallest absolute Gasteiger partial charge is 0.154 e. The molecule has 4 nitrogen and oxygen atoms in total. The molecule has 0 atom stereocenters. The molecule has 2 heterocycles. The summed E-state index contributed by atoms with van der Waals surface area (Å²) in [5, 5.41) is 7.93. The average Bonchev–Trinajstić information content (AvgIpc) is 2.91. The Hall–Kier alpha value is -1.68. The van der Waals surface area contributed by atoms with E-state index in [9.17, 15) is 0 Å². The van der Waals surface area contributed by atoms with Gasteiger partial charge in [-0.15, -0.1) is 0 Å². The van der Waals surface area contributed by atoms with Gasteiger partial charge in [-0.2, -0.15) is 5.10 Å². The summed E-state index contributed by atoms with van der Waals surface area (Å²) in [6.45, 7) is 7.35. The Morgan fingerprint density at radius 3 is 2.48 bits per heavy atom. The molecule has 1 N–H and O–H groups in total. The Morgan fingerprint density at radius 2 is 1.86 bits per heavy atom. The molecule has 0 saturated heterocycles. The number of hydrogen-bond acceptors (Lipinski definition) is 3. The van der Waals surface area contributed by atoms with Crippen molar-refractivity contribution < 1.29 is 0 Å². The van der Waals surface area contributed by atoms with E-state index in [0.29, 0.717) is 0 Å². The molecule has 4 heteroatoms. The number of rotatable bonds is 7. The second-order valence-corrected chi connectivity index (χ2v) is 5.35. The van der Waals surface area contributed by atoms with Crippen molar-refractivity contribution in [2.45, 2.75) is 53.0 Å². The van der Waals surface area contributed by atoms with Crippen molar-refractivity contribution in [1.29, 1.82) is 0 Å². The van der Waals surface area contributed by atoms with Crippen LogP contribution in [0.1, 0.15) is 49.8 Å².